The second-order valence-corrected chi connectivity index (χ2v) is 7.26. The van der Waals surface area contributed by atoms with Crippen LogP contribution < -0.4 is 16.5 Å². The lowest BCUT2D eigenvalue weighted by Gasteiger charge is -2.24. The number of amides is 1. The molecule has 0 saturated heterocycles. The normalized spacial score (nSPS) is 18.8. The van der Waals surface area contributed by atoms with E-state index in [1.165, 1.54) is 13.0 Å². The summed E-state index contributed by atoms with van der Waals surface area (Å²) in [4.78, 5) is 59.5. The first kappa shape index (κ1) is 25.6. The lowest BCUT2D eigenvalue weighted by molar-refractivity contribution is -0.287. The molecule has 3 unspecified atom stereocenters. The molecule has 0 spiro atoms. The van der Waals surface area contributed by atoms with Crippen molar-refractivity contribution in [1.82, 2.24) is 16.0 Å². The molecular formula is C20H19F3N4O8. The molecule has 0 radical (unpaired) electrons. The largest absolute Gasteiger partial charge is 0.495 e. The standard InChI is InChI=1S/C20H19F3N4O8/c1-2-14(28)25-16(18(30)34-35-19(31)20(21,22)23)12-8-13(32-26-12)15-10-6-4-3-5-9(10)7-11(24)17(29)33-27-15/h3-6,8,11,15-16,27H,2,7,24H2,1H3,(H,25,28). The summed E-state index contributed by atoms with van der Waals surface area (Å²) in [6.45, 7) is 1.45. The summed E-state index contributed by atoms with van der Waals surface area (Å²) in [5.41, 5.74) is 9.30. The number of alkyl halides is 3. The van der Waals surface area contributed by atoms with E-state index in [9.17, 15) is 32.3 Å². The van der Waals surface area contributed by atoms with E-state index in [4.69, 9.17) is 15.1 Å². The van der Waals surface area contributed by atoms with Crippen molar-refractivity contribution in [2.75, 3.05) is 0 Å². The van der Waals surface area contributed by atoms with Crippen LogP contribution in [0.4, 0.5) is 13.2 Å². The average molecular weight is 500 g/mol. The highest BCUT2D eigenvalue weighted by Crippen LogP contribution is 2.29. The molecule has 1 aromatic heterocycles. The molecule has 0 saturated carbocycles. The van der Waals surface area contributed by atoms with E-state index in [1.807, 2.05) is 0 Å². The van der Waals surface area contributed by atoms with Crippen LogP contribution in [0.3, 0.4) is 0 Å². The molecule has 1 aliphatic rings. The van der Waals surface area contributed by atoms with Gasteiger partial charge >= 0.3 is 24.1 Å². The molecule has 0 bridgehead atoms. The molecule has 35 heavy (non-hydrogen) atoms. The third-order valence-electron chi connectivity index (χ3n) is 4.81. The molecule has 4 N–H and O–H groups in total. The van der Waals surface area contributed by atoms with Gasteiger partial charge in [-0.2, -0.15) is 13.2 Å². The van der Waals surface area contributed by atoms with E-state index in [0.29, 0.717) is 11.1 Å². The summed E-state index contributed by atoms with van der Waals surface area (Å²) in [7, 11) is 0. The van der Waals surface area contributed by atoms with Crippen molar-refractivity contribution in [3.8, 4) is 0 Å². The fourth-order valence-corrected chi connectivity index (χ4v) is 3.06. The van der Waals surface area contributed by atoms with Crippen LogP contribution in [0.15, 0.2) is 34.9 Å². The van der Waals surface area contributed by atoms with Crippen LogP contribution in [-0.2, 0) is 40.2 Å². The Morgan fingerprint density at radius 3 is 2.69 bits per heavy atom. The summed E-state index contributed by atoms with van der Waals surface area (Å²) < 4.78 is 42.2. The SMILES string of the molecule is CCC(=O)NC(C(=O)OOC(=O)C(F)(F)F)c1cc(C2NOC(=O)C(N)Cc3ccccc32)on1. The second kappa shape index (κ2) is 10.5. The van der Waals surface area contributed by atoms with Gasteiger partial charge < -0.3 is 20.4 Å². The van der Waals surface area contributed by atoms with Crippen LogP contribution in [0, 0.1) is 0 Å². The molecular weight excluding hydrogens is 481 g/mol. The minimum atomic E-state index is -5.42. The number of nitrogens with zero attached hydrogens (tertiary/aromatic N) is 1. The Labute approximate surface area is 194 Å². The number of aromatic nitrogens is 1. The van der Waals surface area contributed by atoms with Crippen LogP contribution in [0.1, 0.15) is 48.0 Å². The maximum atomic E-state index is 12.3. The Bertz CT molecular complexity index is 1120. The molecule has 3 rings (SSSR count). The number of nitrogens with one attached hydrogen (secondary N) is 2. The summed E-state index contributed by atoms with van der Waals surface area (Å²) in [5.74, 6) is -5.79. The molecule has 1 aliphatic heterocycles. The third-order valence-corrected chi connectivity index (χ3v) is 4.81. The maximum absolute atomic E-state index is 12.3. The average Bonchev–Trinajstić information content (AvgIpc) is 3.29. The van der Waals surface area contributed by atoms with Crippen LogP contribution in [0.2, 0.25) is 0 Å². The highest BCUT2D eigenvalue weighted by molar-refractivity contribution is 5.85. The van der Waals surface area contributed by atoms with Gasteiger partial charge in [-0.15, -0.1) is 5.48 Å². The van der Waals surface area contributed by atoms with Crippen molar-refractivity contribution < 1.29 is 51.5 Å². The Balaban J connectivity index is 1.89. The molecule has 15 heteroatoms. The van der Waals surface area contributed by atoms with Gasteiger partial charge in [-0.05, 0) is 17.5 Å². The highest BCUT2D eigenvalue weighted by atomic mass is 19.4. The minimum Gasteiger partial charge on any atom is -0.368 e. The number of carbonyl (C=O) groups is 4. The van der Waals surface area contributed by atoms with Gasteiger partial charge in [0.25, 0.3) is 0 Å². The number of hydrogen-bond acceptors (Lipinski definition) is 11. The van der Waals surface area contributed by atoms with Gasteiger partial charge in [0, 0.05) is 12.5 Å². The van der Waals surface area contributed by atoms with Crippen LogP contribution in [0.5, 0.6) is 0 Å². The van der Waals surface area contributed by atoms with Crippen molar-refractivity contribution in [2.24, 2.45) is 5.73 Å². The monoisotopic (exact) mass is 500 g/mol. The number of nitrogens with two attached hydrogens (primary N) is 1. The quantitative estimate of drug-likeness (QED) is 0.392. The smallest absolute Gasteiger partial charge is 0.368 e. The van der Waals surface area contributed by atoms with E-state index < -0.39 is 48.1 Å². The van der Waals surface area contributed by atoms with Crippen LogP contribution >= 0.6 is 0 Å². The first-order chi connectivity index (χ1) is 16.5. The van der Waals surface area contributed by atoms with E-state index in [0.717, 1.165) is 0 Å². The van der Waals surface area contributed by atoms with Crippen molar-refractivity contribution >= 4 is 23.8 Å². The van der Waals surface area contributed by atoms with E-state index in [1.54, 1.807) is 24.3 Å². The lowest BCUT2D eigenvalue weighted by Crippen LogP contribution is -2.41. The zero-order valence-electron chi connectivity index (χ0n) is 18.0. The van der Waals surface area contributed by atoms with Gasteiger partial charge in [0.2, 0.25) is 5.91 Å². The third kappa shape index (κ3) is 6.13. The van der Waals surface area contributed by atoms with Gasteiger partial charge in [-0.3, -0.25) is 4.79 Å². The summed E-state index contributed by atoms with van der Waals surface area (Å²) in [6, 6.07) is 4.39. The maximum Gasteiger partial charge on any atom is 0.495 e. The van der Waals surface area contributed by atoms with E-state index >= 15 is 0 Å². The molecule has 1 amide bonds. The van der Waals surface area contributed by atoms with Crippen LogP contribution in [0.25, 0.3) is 0 Å². The van der Waals surface area contributed by atoms with Crippen molar-refractivity contribution in [3.05, 3.63) is 52.9 Å². The van der Waals surface area contributed by atoms with Crippen LogP contribution in [-0.4, -0.2) is 41.2 Å². The zero-order valence-corrected chi connectivity index (χ0v) is 18.0. The van der Waals surface area contributed by atoms with Gasteiger partial charge in [-0.1, -0.05) is 36.3 Å². The van der Waals surface area contributed by atoms with Gasteiger partial charge in [0.05, 0.1) is 0 Å². The summed E-state index contributed by atoms with van der Waals surface area (Å²) >= 11 is 0. The Hall–Kier alpha value is -3.98. The Morgan fingerprint density at radius 2 is 2.00 bits per heavy atom. The first-order valence-corrected chi connectivity index (χ1v) is 10.1. The molecule has 1 aromatic carbocycles. The van der Waals surface area contributed by atoms with Crippen molar-refractivity contribution in [2.45, 2.75) is 44.1 Å². The minimum absolute atomic E-state index is 0.00607. The molecule has 3 atom stereocenters. The van der Waals surface area contributed by atoms with Gasteiger partial charge in [0.1, 0.15) is 17.8 Å². The van der Waals surface area contributed by atoms with E-state index in [2.05, 4.69) is 25.7 Å². The fraction of sp³-hybridized carbons (Fsp3) is 0.350. The topological polar surface area (TPSA) is 172 Å². The fourth-order valence-electron chi connectivity index (χ4n) is 3.06. The molecule has 188 valence electrons. The Morgan fingerprint density at radius 1 is 1.29 bits per heavy atom. The van der Waals surface area contributed by atoms with Gasteiger partial charge in [0.15, 0.2) is 11.8 Å². The lowest BCUT2D eigenvalue weighted by atomic mass is 9.94. The molecule has 12 nitrogen and oxygen atoms in total. The number of rotatable bonds is 5. The molecule has 0 fully saturated rings. The number of benzene rings is 1. The van der Waals surface area contributed by atoms with Crippen molar-refractivity contribution in [3.63, 3.8) is 0 Å². The second-order valence-electron chi connectivity index (χ2n) is 7.26. The Kier molecular flexibility index (Phi) is 7.71. The number of carbonyl (C=O) groups excluding carboxylic acids is 4. The first-order valence-electron chi connectivity index (χ1n) is 10.1. The predicted octanol–water partition coefficient (Wildman–Crippen LogP) is 0.826. The molecule has 0 aliphatic carbocycles. The molecule has 2 heterocycles. The summed E-state index contributed by atoms with van der Waals surface area (Å²) in [6.07, 6.45) is -5.37. The number of halogens is 3. The number of hydroxylamine groups is 1. The van der Waals surface area contributed by atoms with Gasteiger partial charge in [-0.25, -0.2) is 24.2 Å². The molecule has 2 aromatic rings. The van der Waals surface area contributed by atoms with E-state index in [-0.39, 0.29) is 24.3 Å². The zero-order chi connectivity index (χ0) is 25.8. The van der Waals surface area contributed by atoms with Crippen molar-refractivity contribution in [1.29, 1.82) is 0 Å². The highest BCUT2D eigenvalue weighted by Gasteiger charge is 2.44. The predicted molar refractivity (Wildman–Crippen MR) is 105 cm³/mol. The summed E-state index contributed by atoms with van der Waals surface area (Å²) in [5, 5.41) is 5.86. The number of fused-ring (bicyclic) bond motifs is 1. The number of hydrogen-bond donors (Lipinski definition) is 3.